The number of hydrogen-bond donors (Lipinski definition) is 0. The Balaban J connectivity index is 1.46. The van der Waals surface area contributed by atoms with Gasteiger partial charge in [-0.05, 0) is 49.7 Å². The van der Waals surface area contributed by atoms with E-state index >= 15 is 0 Å². The topological polar surface area (TPSA) is 58.6 Å². The van der Waals surface area contributed by atoms with Crippen molar-refractivity contribution in [3.05, 3.63) is 76.8 Å². The predicted octanol–water partition coefficient (Wildman–Crippen LogP) is 4.72. The van der Waals surface area contributed by atoms with Crippen LogP contribution in [0.15, 0.2) is 54.9 Å². The first kappa shape index (κ1) is 21.1. The van der Waals surface area contributed by atoms with Gasteiger partial charge in [0.2, 0.25) is 5.88 Å². The molecule has 8 heteroatoms. The van der Waals surface area contributed by atoms with E-state index in [9.17, 15) is 9.18 Å². The average Bonchev–Trinajstić information content (AvgIpc) is 2.76. The fraction of sp³-hybridized carbons (Fsp3) is 0.261. The Morgan fingerprint density at radius 3 is 2.71 bits per heavy atom. The van der Waals surface area contributed by atoms with Crippen LogP contribution >= 0.6 is 11.6 Å². The minimum atomic E-state index is -0.313. The second-order valence-electron chi connectivity index (χ2n) is 7.50. The van der Waals surface area contributed by atoms with Crippen molar-refractivity contribution in [3.63, 3.8) is 0 Å². The first-order chi connectivity index (χ1) is 14.9. The summed E-state index contributed by atoms with van der Waals surface area (Å²) in [6.45, 7) is 5.55. The highest BCUT2D eigenvalue weighted by Crippen LogP contribution is 2.27. The van der Waals surface area contributed by atoms with Crippen LogP contribution in [0.5, 0.6) is 11.6 Å². The minimum absolute atomic E-state index is 0.0313. The number of benzene rings is 2. The highest BCUT2D eigenvalue weighted by Gasteiger charge is 2.29. The van der Waals surface area contributed by atoms with Gasteiger partial charge >= 0.3 is 0 Å². The van der Waals surface area contributed by atoms with E-state index in [4.69, 9.17) is 16.3 Å². The van der Waals surface area contributed by atoms with Crippen LogP contribution in [0, 0.1) is 12.7 Å². The summed E-state index contributed by atoms with van der Waals surface area (Å²) in [5, 5.41) is 0.454. The summed E-state index contributed by atoms with van der Waals surface area (Å²) in [4.78, 5) is 25.4. The summed E-state index contributed by atoms with van der Waals surface area (Å²) in [7, 11) is 0. The Hall–Kier alpha value is -3.19. The number of piperazine rings is 1. The Morgan fingerprint density at radius 2 is 1.97 bits per heavy atom. The molecular weight excluding hydrogens is 419 g/mol. The van der Waals surface area contributed by atoms with E-state index < -0.39 is 0 Å². The van der Waals surface area contributed by atoms with Crippen molar-refractivity contribution in [1.82, 2.24) is 14.9 Å². The van der Waals surface area contributed by atoms with Crippen molar-refractivity contribution in [2.75, 3.05) is 24.5 Å². The normalized spacial score (nSPS) is 16.3. The summed E-state index contributed by atoms with van der Waals surface area (Å²) in [6.07, 6.45) is 1.44. The zero-order valence-electron chi connectivity index (χ0n) is 17.3. The van der Waals surface area contributed by atoms with Gasteiger partial charge in [0.05, 0.1) is 10.6 Å². The molecule has 1 fully saturated rings. The highest BCUT2D eigenvalue weighted by atomic mass is 35.5. The molecule has 1 aliphatic rings. The maximum atomic E-state index is 13.3. The standard InChI is InChI=1S/C23H22ClFN4O2/c1-15-11-17(25)7-8-20(15)31-22-12-21(26-14-27-22)28-9-10-29(16(2)13-28)23(30)18-5-3-4-6-19(18)24/h3-8,11-12,14,16H,9-10,13H2,1-2H3/t16-/m0/s1. The third-order valence-electron chi connectivity index (χ3n) is 5.30. The summed E-state index contributed by atoms with van der Waals surface area (Å²) in [5.74, 6) is 1.24. The smallest absolute Gasteiger partial charge is 0.255 e. The van der Waals surface area contributed by atoms with Crippen LogP contribution in [-0.4, -0.2) is 46.5 Å². The van der Waals surface area contributed by atoms with Gasteiger partial charge in [-0.25, -0.2) is 14.4 Å². The number of halogens is 2. The molecule has 2 aromatic carbocycles. The minimum Gasteiger partial charge on any atom is -0.439 e. The number of anilines is 1. The maximum absolute atomic E-state index is 13.3. The average molecular weight is 441 g/mol. The van der Waals surface area contributed by atoms with Crippen molar-refractivity contribution in [2.45, 2.75) is 19.9 Å². The number of ether oxygens (including phenoxy) is 1. The Labute approximate surface area is 185 Å². The lowest BCUT2D eigenvalue weighted by molar-refractivity contribution is 0.0674. The summed E-state index contributed by atoms with van der Waals surface area (Å²) in [5.41, 5.74) is 1.19. The van der Waals surface area contributed by atoms with Crippen LogP contribution in [0.25, 0.3) is 0 Å². The quantitative estimate of drug-likeness (QED) is 0.587. The fourth-order valence-corrected chi connectivity index (χ4v) is 3.87. The van der Waals surface area contributed by atoms with Crippen molar-refractivity contribution in [2.24, 2.45) is 0 Å². The second kappa shape index (κ2) is 8.89. The lowest BCUT2D eigenvalue weighted by atomic mass is 10.1. The van der Waals surface area contributed by atoms with E-state index in [1.54, 1.807) is 31.2 Å². The van der Waals surface area contributed by atoms with Crippen molar-refractivity contribution < 1.29 is 13.9 Å². The largest absolute Gasteiger partial charge is 0.439 e. The zero-order valence-corrected chi connectivity index (χ0v) is 18.0. The number of rotatable bonds is 4. The van der Waals surface area contributed by atoms with Gasteiger partial charge < -0.3 is 14.5 Å². The molecule has 6 nitrogen and oxygen atoms in total. The Bertz CT molecular complexity index is 1110. The van der Waals surface area contributed by atoms with Gasteiger partial charge in [-0.3, -0.25) is 4.79 Å². The second-order valence-corrected chi connectivity index (χ2v) is 7.91. The van der Waals surface area contributed by atoms with Crippen molar-refractivity contribution in [1.29, 1.82) is 0 Å². The molecule has 1 aliphatic heterocycles. The molecule has 1 saturated heterocycles. The fourth-order valence-electron chi connectivity index (χ4n) is 3.66. The van der Waals surface area contributed by atoms with Crippen LogP contribution in [0.1, 0.15) is 22.8 Å². The molecule has 0 aliphatic carbocycles. The molecule has 4 rings (SSSR count). The number of amides is 1. The molecule has 0 bridgehead atoms. The first-order valence-electron chi connectivity index (χ1n) is 9.99. The molecule has 0 spiro atoms. The molecule has 0 unspecified atom stereocenters. The molecule has 160 valence electrons. The van der Waals surface area contributed by atoms with Gasteiger partial charge in [-0.1, -0.05) is 23.7 Å². The Morgan fingerprint density at radius 1 is 1.16 bits per heavy atom. The van der Waals surface area contributed by atoms with Gasteiger partial charge in [0, 0.05) is 31.7 Å². The molecule has 0 N–H and O–H groups in total. The molecule has 3 aromatic rings. The summed E-state index contributed by atoms with van der Waals surface area (Å²) < 4.78 is 19.2. The number of carbonyl (C=O) groups is 1. The van der Waals surface area contributed by atoms with Crippen molar-refractivity contribution in [3.8, 4) is 11.6 Å². The third kappa shape index (κ3) is 4.61. The number of aromatic nitrogens is 2. The van der Waals surface area contributed by atoms with Gasteiger partial charge in [0.1, 0.15) is 23.7 Å². The van der Waals surface area contributed by atoms with Crippen LogP contribution in [0.2, 0.25) is 5.02 Å². The summed E-state index contributed by atoms with van der Waals surface area (Å²) in [6, 6.07) is 13.1. The van der Waals surface area contributed by atoms with Gasteiger partial charge in [-0.15, -0.1) is 0 Å². The lowest BCUT2D eigenvalue weighted by Crippen LogP contribution is -2.54. The molecule has 1 aromatic heterocycles. The highest BCUT2D eigenvalue weighted by molar-refractivity contribution is 6.33. The lowest BCUT2D eigenvalue weighted by Gasteiger charge is -2.40. The molecule has 31 heavy (non-hydrogen) atoms. The van der Waals surface area contributed by atoms with Gasteiger partial charge in [0.25, 0.3) is 5.91 Å². The molecule has 1 atom stereocenters. The predicted molar refractivity (Wildman–Crippen MR) is 117 cm³/mol. The van der Waals surface area contributed by atoms with E-state index in [0.29, 0.717) is 53.2 Å². The monoisotopic (exact) mass is 440 g/mol. The van der Waals surface area contributed by atoms with E-state index in [-0.39, 0.29) is 17.8 Å². The van der Waals surface area contributed by atoms with E-state index in [2.05, 4.69) is 14.9 Å². The van der Waals surface area contributed by atoms with Gasteiger partial charge in [-0.2, -0.15) is 0 Å². The SMILES string of the molecule is Cc1cc(F)ccc1Oc1cc(N2CCN(C(=O)c3ccccc3Cl)[C@@H](C)C2)ncn1. The van der Waals surface area contributed by atoms with Crippen LogP contribution in [0.4, 0.5) is 10.2 Å². The maximum Gasteiger partial charge on any atom is 0.255 e. The van der Waals surface area contributed by atoms with Crippen LogP contribution in [0.3, 0.4) is 0 Å². The molecule has 1 amide bonds. The molecule has 0 saturated carbocycles. The molecule has 2 heterocycles. The van der Waals surface area contributed by atoms with E-state index in [0.717, 1.165) is 0 Å². The zero-order chi connectivity index (χ0) is 22.0. The van der Waals surface area contributed by atoms with Crippen LogP contribution < -0.4 is 9.64 Å². The molecular formula is C23H22ClFN4O2. The third-order valence-corrected chi connectivity index (χ3v) is 5.63. The Kier molecular flexibility index (Phi) is 6.04. The number of carbonyl (C=O) groups excluding carboxylic acids is 1. The number of nitrogens with zero attached hydrogens (tertiary/aromatic N) is 4. The van der Waals surface area contributed by atoms with Crippen molar-refractivity contribution >= 4 is 23.3 Å². The van der Waals surface area contributed by atoms with Crippen LogP contribution in [-0.2, 0) is 0 Å². The first-order valence-corrected chi connectivity index (χ1v) is 10.4. The molecule has 0 radical (unpaired) electrons. The number of aryl methyl sites for hydroxylation is 1. The van der Waals surface area contributed by atoms with E-state index in [1.165, 1.54) is 18.5 Å². The van der Waals surface area contributed by atoms with Gasteiger partial charge in [0.15, 0.2) is 0 Å². The number of hydrogen-bond acceptors (Lipinski definition) is 5. The van der Waals surface area contributed by atoms with E-state index in [1.807, 2.05) is 24.0 Å². The summed E-state index contributed by atoms with van der Waals surface area (Å²) >= 11 is 6.20.